The van der Waals surface area contributed by atoms with Crippen LogP contribution in [0.5, 0.6) is 11.5 Å². The maximum absolute atomic E-state index is 5.41. The first kappa shape index (κ1) is 14.8. The third-order valence-electron chi connectivity index (χ3n) is 3.18. The Morgan fingerprint density at radius 3 is 2.80 bits per heavy atom. The standard InChI is InChI=1S/C15H20N2O2S/c1-11(16-7-6-15-17-8-9-20-15)13-10-12(18-2)4-5-14(13)19-3/h4-5,8-11,16H,6-7H2,1-3H3. The van der Waals surface area contributed by atoms with Crippen molar-refractivity contribution in [2.45, 2.75) is 19.4 Å². The van der Waals surface area contributed by atoms with E-state index in [4.69, 9.17) is 9.47 Å². The highest BCUT2D eigenvalue weighted by Gasteiger charge is 2.12. The predicted octanol–water partition coefficient (Wildman–Crippen LogP) is 3.05. The topological polar surface area (TPSA) is 43.4 Å². The molecule has 108 valence electrons. The van der Waals surface area contributed by atoms with Crippen molar-refractivity contribution >= 4 is 11.3 Å². The molecule has 0 aliphatic rings. The molecule has 1 N–H and O–H groups in total. The number of thiazole rings is 1. The lowest BCUT2D eigenvalue weighted by molar-refractivity contribution is 0.392. The normalized spacial score (nSPS) is 12.2. The van der Waals surface area contributed by atoms with Gasteiger partial charge in [-0.3, -0.25) is 0 Å². The summed E-state index contributed by atoms with van der Waals surface area (Å²) in [5.74, 6) is 1.72. The fraction of sp³-hybridized carbons (Fsp3) is 0.400. The average molecular weight is 292 g/mol. The van der Waals surface area contributed by atoms with Gasteiger partial charge in [-0.05, 0) is 25.1 Å². The number of aromatic nitrogens is 1. The van der Waals surface area contributed by atoms with E-state index in [9.17, 15) is 0 Å². The van der Waals surface area contributed by atoms with Crippen molar-refractivity contribution in [1.29, 1.82) is 0 Å². The molecule has 0 amide bonds. The molecule has 1 unspecified atom stereocenters. The zero-order valence-electron chi connectivity index (χ0n) is 12.1. The molecule has 0 bridgehead atoms. The Hall–Kier alpha value is -1.59. The van der Waals surface area contributed by atoms with Gasteiger partial charge in [0.2, 0.25) is 0 Å². The summed E-state index contributed by atoms with van der Waals surface area (Å²) in [5, 5.41) is 6.65. The van der Waals surface area contributed by atoms with Crippen molar-refractivity contribution in [3.05, 3.63) is 40.3 Å². The maximum atomic E-state index is 5.41. The molecule has 5 heteroatoms. The van der Waals surface area contributed by atoms with Crippen molar-refractivity contribution < 1.29 is 9.47 Å². The molecule has 0 aliphatic carbocycles. The van der Waals surface area contributed by atoms with Crippen LogP contribution < -0.4 is 14.8 Å². The molecule has 0 saturated heterocycles. The molecule has 0 aliphatic heterocycles. The third kappa shape index (κ3) is 3.71. The van der Waals surface area contributed by atoms with Crippen LogP contribution in [0.15, 0.2) is 29.8 Å². The van der Waals surface area contributed by atoms with E-state index >= 15 is 0 Å². The SMILES string of the molecule is COc1ccc(OC)c(C(C)NCCc2nccs2)c1. The number of nitrogens with one attached hydrogen (secondary N) is 1. The molecular weight excluding hydrogens is 272 g/mol. The molecule has 1 heterocycles. The summed E-state index contributed by atoms with van der Waals surface area (Å²) in [4.78, 5) is 4.28. The molecule has 0 saturated carbocycles. The maximum Gasteiger partial charge on any atom is 0.123 e. The van der Waals surface area contributed by atoms with Gasteiger partial charge in [0.15, 0.2) is 0 Å². The smallest absolute Gasteiger partial charge is 0.123 e. The Kier molecular flexibility index (Phi) is 5.38. The number of nitrogens with zero attached hydrogens (tertiary/aromatic N) is 1. The average Bonchev–Trinajstić information content (AvgIpc) is 2.99. The van der Waals surface area contributed by atoms with Crippen molar-refractivity contribution in [3.63, 3.8) is 0 Å². The van der Waals surface area contributed by atoms with Crippen LogP contribution in [0.4, 0.5) is 0 Å². The predicted molar refractivity (Wildman–Crippen MR) is 81.8 cm³/mol. The van der Waals surface area contributed by atoms with Crippen LogP contribution >= 0.6 is 11.3 Å². The minimum Gasteiger partial charge on any atom is -0.497 e. The summed E-state index contributed by atoms with van der Waals surface area (Å²) in [7, 11) is 3.36. The highest BCUT2D eigenvalue weighted by atomic mass is 32.1. The molecule has 2 aromatic rings. The Balaban J connectivity index is 1.98. The fourth-order valence-corrected chi connectivity index (χ4v) is 2.68. The molecule has 0 radical (unpaired) electrons. The number of hydrogen-bond donors (Lipinski definition) is 1. The van der Waals surface area contributed by atoms with Gasteiger partial charge in [0.25, 0.3) is 0 Å². The van der Waals surface area contributed by atoms with E-state index in [0.717, 1.165) is 35.0 Å². The van der Waals surface area contributed by atoms with Gasteiger partial charge in [-0.25, -0.2) is 4.98 Å². The molecule has 1 atom stereocenters. The van der Waals surface area contributed by atoms with Crippen molar-refractivity contribution in [1.82, 2.24) is 10.3 Å². The van der Waals surface area contributed by atoms with Crippen LogP contribution in [0.25, 0.3) is 0 Å². The summed E-state index contributed by atoms with van der Waals surface area (Å²) >= 11 is 1.69. The highest BCUT2D eigenvalue weighted by Crippen LogP contribution is 2.29. The second-order valence-electron chi connectivity index (χ2n) is 4.46. The molecule has 1 aromatic heterocycles. The third-order valence-corrected chi connectivity index (χ3v) is 4.02. The molecule has 2 rings (SSSR count). The van der Waals surface area contributed by atoms with E-state index in [1.807, 2.05) is 29.8 Å². The van der Waals surface area contributed by atoms with Gasteiger partial charge in [-0.2, -0.15) is 0 Å². The van der Waals surface area contributed by atoms with Gasteiger partial charge in [0.05, 0.1) is 19.2 Å². The van der Waals surface area contributed by atoms with Crippen LogP contribution in [-0.4, -0.2) is 25.7 Å². The monoisotopic (exact) mass is 292 g/mol. The molecule has 20 heavy (non-hydrogen) atoms. The minimum atomic E-state index is 0.194. The molecule has 0 spiro atoms. The van der Waals surface area contributed by atoms with Gasteiger partial charge < -0.3 is 14.8 Å². The quantitative estimate of drug-likeness (QED) is 0.852. The fourth-order valence-electron chi connectivity index (χ4n) is 2.06. The lowest BCUT2D eigenvalue weighted by Gasteiger charge is -2.18. The Labute approximate surface area is 123 Å². The van der Waals surface area contributed by atoms with E-state index in [-0.39, 0.29) is 6.04 Å². The number of benzene rings is 1. The molecule has 1 aromatic carbocycles. The molecule has 4 nitrogen and oxygen atoms in total. The zero-order valence-corrected chi connectivity index (χ0v) is 12.9. The van der Waals surface area contributed by atoms with E-state index < -0.39 is 0 Å². The Bertz CT molecular complexity index is 529. The van der Waals surface area contributed by atoms with Gasteiger partial charge in [0, 0.05) is 36.1 Å². The number of ether oxygens (including phenoxy) is 2. The Morgan fingerprint density at radius 2 is 2.15 bits per heavy atom. The highest BCUT2D eigenvalue weighted by molar-refractivity contribution is 7.09. The van der Waals surface area contributed by atoms with Crippen LogP contribution in [0.1, 0.15) is 23.5 Å². The number of methoxy groups -OCH3 is 2. The van der Waals surface area contributed by atoms with Crippen molar-refractivity contribution in [2.75, 3.05) is 20.8 Å². The van der Waals surface area contributed by atoms with Gasteiger partial charge in [-0.1, -0.05) is 0 Å². The summed E-state index contributed by atoms with van der Waals surface area (Å²) in [6.07, 6.45) is 2.78. The lowest BCUT2D eigenvalue weighted by Crippen LogP contribution is -2.21. The van der Waals surface area contributed by atoms with Crippen LogP contribution in [0.3, 0.4) is 0 Å². The second-order valence-corrected chi connectivity index (χ2v) is 5.44. The zero-order chi connectivity index (χ0) is 14.4. The summed E-state index contributed by atoms with van der Waals surface area (Å²) < 4.78 is 10.7. The molecular formula is C15H20N2O2S. The van der Waals surface area contributed by atoms with Crippen LogP contribution in [-0.2, 0) is 6.42 Å². The van der Waals surface area contributed by atoms with Crippen molar-refractivity contribution in [2.24, 2.45) is 0 Å². The summed E-state index contributed by atoms with van der Waals surface area (Å²) in [6.45, 7) is 3.01. The minimum absolute atomic E-state index is 0.194. The van der Waals surface area contributed by atoms with Gasteiger partial charge in [-0.15, -0.1) is 11.3 Å². The van der Waals surface area contributed by atoms with Crippen LogP contribution in [0.2, 0.25) is 0 Å². The first-order valence-electron chi connectivity index (χ1n) is 6.58. The van der Waals surface area contributed by atoms with Crippen molar-refractivity contribution in [3.8, 4) is 11.5 Å². The summed E-state index contributed by atoms with van der Waals surface area (Å²) in [6, 6.07) is 6.05. The van der Waals surface area contributed by atoms with Gasteiger partial charge in [0.1, 0.15) is 11.5 Å². The van der Waals surface area contributed by atoms with E-state index in [1.165, 1.54) is 0 Å². The van der Waals surface area contributed by atoms with E-state index in [0.29, 0.717) is 0 Å². The lowest BCUT2D eigenvalue weighted by atomic mass is 10.1. The van der Waals surface area contributed by atoms with E-state index in [1.54, 1.807) is 25.6 Å². The largest absolute Gasteiger partial charge is 0.497 e. The first-order valence-corrected chi connectivity index (χ1v) is 7.46. The van der Waals surface area contributed by atoms with Crippen LogP contribution in [0, 0.1) is 0 Å². The second kappa shape index (κ2) is 7.26. The molecule has 0 fully saturated rings. The number of hydrogen-bond acceptors (Lipinski definition) is 5. The first-order chi connectivity index (χ1) is 9.74. The Morgan fingerprint density at radius 1 is 1.30 bits per heavy atom. The summed E-state index contributed by atoms with van der Waals surface area (Å²) in [5.41, 5.74) is 1.10. The number of rotatable bonds is 7. The van der Waals surface area contributed by atoms with Gasteiger partial charge >= 0.3 is 0 Å². The van der Waals surface area contributed by atoms with E-state index in [2.05, 4.69) is 17.2 Å².